The Morgan fingerprint density at radius 1 is 1.06 bits per heavy atom. The number of ether oxygens (including phenoxy) is 1. The summed E-state index contributed by atoms with van der Waals surface area (Å²) in [6.45, 7) is 2.22. The molecule has 2 amide bonds. The van der Waals surface area contributed by atoms with Gasteiger partial charge in [-0.1, -0.05) is 43.6 Å². The van der Waals surface area contributed by atoms with E-state index in [9.17, 15) is 31.9 Å². The van der Waals surface area contributed by atoms with Crippen LogP contribution in [-0.4, -0.2) is 30.4 Å². The van der Waals surface area contributed by atoms with Crippen LogP contribution in [-0.2, 0) is 20.5 Å². The van der Waals surface area contributed by atoms with E-state index in [4.69, 9.17) is 16.3 Å². The molecule has 0 unspecified atom stereocenters. The summed E-state index contributed by atoms with van der Waals surface area (Å²) in [5, 5.41) is 3.96. The van der Waals surface area contributed by atoms with Gasteiger partial charge in [0, 0.05) is 0 Å². The van der Waals surface area contributed by atoms with E-state index in [0.717, 1.165) is 24.3 Å². The van der Waals surface area contributed by atoms with Gasteiger partial charge in [0.05, 0.1) is 21.8 Å². The number of rotatable bonds is 7. The van der Waals surface area contributed by atoms with Gasteiger partial charge in [0.25, 0.3) is 11.8 Å². The minimum Gasteiger partial charge on any atom is -0.454 e. The highest BCUT2D eigenvalue weighted by Crippen LogP contribution is 2.38. The van der Waals surface area contributed by atoms with Gasteiger partial charge in [-0.25, -0.2) is 9.18 Å². The molecule has 2 N–H and O–H groups in total. The van der Waals surface area contributed by atoms with Gasteiger partial charge in [-0.05, 0) is 30.2 Å². The molecule has 2 aromatic rings. The fourth-order valence-electron chi connectivity index (χ4n) is 2.65. The number of para-hydroxylation sites is 1. The van der Waals surface area contributed by atoms with Crippen molar-refractivity contribution in [1.82, 2.24) is 5.32 Å². The molecular formula is C21H19ClF4N2O4. The number of carbonyl (C=O) groups excluding carboxylic acids is 3. The number of hydrogen-bond acceptors (Lipinski definition) is 4. The van der Waals surface area contributed by atoms with Crippen molar-refractivity contribution in [2.24, 2.45) is 5.92 Å². The van der Waals surface area contributed by atoms with Crippen LogP contribution in [0.1, 0.15) is 29.8 Å². The van der Waals surface area contributed by atoms with E-state index in [2.05, 4.69) is 5.32 Å². The molecule has 2 rings (SSSR count). The van der Waals surface area contributed by atoms with Crippen LogP contribution in [0.4, 0.5) is 23.2 Å². The number of hydrogen-bond donors (Lipinski definition) is 2. The van der Waals surface area contributed by atoms with Crippen LogP contribution in [0.15, 0.2) is 42.5 Å². The lowest BCUT2D eigenvalue weighted by atomic mass is 10.0. The van der Waals surface area contributed by atoms with Gasteiger partial charge in [-0.2, -0.15) is 13.2 Å². The molecule has 2 aromatic carbocycles. The molecule has 1 atom stereocenters. The fraction of sp³-hybridized carbons (Fsp3) is 0.286. The van der Waals surface area contributed by atoms with E-state index >= 15 is 0 Å². The van der Waals surface area contributed by atoms with Crippen molar-refractivity contribution in [2.45, 2.75) is 26.1 Å². The molecule has 32 heavy (non-hydrogen) atoms. The van der Waals surface area contributed by atoms with E-state index in [0.29, 0.717) is 0 Å². The maximum Gasteiger partial charge on any atom is 0.418 e. The average Bonchev–Trinajstić information content (AvgIpc) is 2.70. The van der Waals surface area contributed by atoms with Crippen molar-refractivity contribution >= 4 is 35.1 Å². The topological polar surface area (TPSA) is 84.5 Å². The third-order valence-corrected chi connectivity index (χ3v) is 4.57. The maximum atomic E-state index is 13.8. The molecule has 0 aliphatic carbocycles. The first-order valence-corrected chi connectivity index (χ1v) is 9.67. The molecule has 0 heterocycles. The molecule has 0 saturated carbocycles. The van der Waals surface area contributed by atoms with Crippen LogP contribution in [0.25, 0.3) is 0 Å². The molecule has 0 spiro atoms. The summed E-state index contributed by atoms with van der Waals surface area (Å²) >= 11 is 5.76. The highest BCUT2D eigenvalue weighted by molar-refractivity contribution is 6.34. The van der Waals surface area contributed by atoms with Crippen molar-refractivity contribution in [3.8, 4) is 0 Å². The van der Waals surface area contributed by atoms with Crippen LogP contribution < -0.4 is 10.6 Å². The summed E-state index contributed by atoms with van der Waals surface area (Å²) < 4.78 is 58.0. The molecule has 0 radical (unpaired) electrons. The normalized spacial score (nSPS) is 12.2. The molecule has 0 aliphatic heterocycles. The Balaban J connectivity index is 2.05. The number of halogens is 5. The first-order valence-electron chi connectivity index (χ1n) is 9.29. The first-order chi connectivity index (χ1) is 14.9. The molecule has 172 valence electrons. The quantitative estimate of drug-likeness (QED) is 0.459. The number of esters is 1. The van der Waals surface area contributed by atoms with Gasteiger partial charge < -0.3 is 15.4 Å². The lowest BCUT2D eigenvalue weighted by Crippen LogP contribution is -2.46. The number of carbonyl (C=O) groups is 3. The van der Waals surface area contributed by atoms with Crippen molar-refractivity contribution in [2.75, 3.05) is 11.9 Å². The van der Waals surface area contributed by atoms with Gasteiger partial charge in [0.15, 0.2) is 6.61 Å². The first kappa shape index (κ1) is 25.1. The Labute approximate surface area is 185 Å². The second kappa shape index (κ2) is 10.4. The number of benzene rings is 2. The highest BCUT2D eigenvalue weighted by atomic mass is 35.5. The van der Waals surface area contributed by atoms with E-state index < -0.39 is 59.6 Å². The Morgan fingerprint density at radius 2 is 1.72 bits per heavy atom. The van der Waals surface area contributed by atoms with E-state index in [1.165, 1.54) is 18.2 Å². The van der Waals surface area contributed by atoms with Crippen LogP contribution in [0.2, 0.25) is 5.02 Å². The van der Waals surface area contributed by atoms with Crippen molar-refractivity contribution < 1.29 is 36.7 Å². The zero-order chi connectivity index (χ0) is 24.1. The minimum atomic E-state index is -4.77. The highest BCUT2D eigenvalue weighted by Gasteiger charge is 2.35. The third-order valence-electron chi connectivity index (χ3n) is 4.25. The van der Waals surface area contributed by atoms with Gasteiger partial charge in [-0.15, -0.1) is 0 Å². The van der Waals surface area contributed by atoms with Crippen LogP contribution in [0, 0.1) is 11.7 Å². The van der Waals surface area contributed by atoms with Gasteiger partial charge in [-0.3, -0.25) is 9.59 Å². The number of nitrogens with one attached hydrogen (secondary N) is 2. The van der Waals surface area contributed by atoms with E-state index in [1.54, 1.807) is 13.8 Å². The maximum absolute atomic E-state index is 13.8. The van der Waals surface area contributed by atoms with Crippen molar-refractivity contribution in [3.05, 3.63) is 64.4 Å². The SMILES string of the molecule is CC(C)[C@H](NC(=O)c1ccccc1F)C(=O)OCC(=O)Nc1c(Cl)cccc1C(F)(F)F. The van der Waals surface area contributed by atoms with Gasteiger partial charge in [0.1, 0.15) is 11.9 Å². The molecule has 0 aromatic heterocycles. The Hall–Kier alpha value is -3.14. The molecule has 6 nitrogen and oxygen atoms in total. The van der Waals surface area contributed by atoms with Gasteiger partial charge >= 0.3 is 12.1 Å². The van der Waals surface area contributed by atoms with Crippen LogP contribution in [0.5, 0.6) is 0 Å². The fourth-order valence-corrected chi connectivity index (χ4v) is 2.87. The lowest BCUT2D eigenvalue weighted by molar-refractivity contribution is -0.150. The Kier molecular flexibility index (Phi) is 8.20. The van der Waals surface area contributed by atoms with Crippen LogP contribution in [0.3, 0.4) is 0 Å². The molecule has 0 aliphatic rings. The summed E-state index contributed by atoms with van der Waals surface area (Å²) in [6, 6.07) is 6.87. The second-order valence-corrected chi connectivity index (χ2v) is 7.40. The predicted molar refractivity (Wildman–Crippen MR) is 109 cm³/mol. The van der Waals surface area contributed by atoms with Crippen molar-refractivity contribution in [3.63, 3.8) is 0 Å². The molecule has 11 heteroatoms. The zero-order valence-electron chi connectivity index (χ0n) is 16.9. The molecule has 0 bridgehead atoms. The van der Waals surface area contributed by atoms with E-state index in [-0.39, 0.29) is 10.6 Å². The van der Waals surface area contributed by atoms with Crippen molar-refractivity contribution in [1.29, 1.82) is 0 Å². The van der Waals surface area contributed by atoms with Crippen LogP contribution >= 0.6 is 11.6 Å². The number of alkyl halides is 3. The summed E-state index contributed by atoms with van der Waals surface area (Å²) in [5.41, 5.74) is -2.13. The largest absolute Gasteiger partial charge is 0.454 e. The minimum absolute atomic E-state index is 0.290. The summed E-state index contributed by atoms with van der Waals surface area (Å²) in [5.74, 6) is -4.24. The van der Waals surface area contributed by atoms with E-state index in [1.807, 2.05) is 5.32 Å². The lowest BCUT2D eigenvalue weighted by Gasteiger charge is -2.21. The standard InChI is InChI=1S/C21H19ClF4N2O4/c1-11(2)17(28-19(30)12-6-3-4-9-15(12)23)20(31)32-10-16(29)27-18-13(21(24,25)26)7-5-8-14(18)22/h3-9,11,17H,10H2,1-2H3,(H,27,29)(H,28,30)/t17-/m0/s1. The predicted octanol–water partition coefficient (Wildman–Crippen LogP) is 4.43. The third kappa shape index (κ3) is 6.43. The monoisotopic (exact) mass is 474 g/mol. The Morgan fingerprint density at radius 3 is 2.31 bits per heavy atom. The summed E-state index contributed by atoms with van der Waals surface area (Å²) in [7, 11) is 0. The number of amides is 2. The molecular weight excluding hydrogens is 456 g/mol. The zero-order valence-corrected chi connectivity index (χ0v) is 17.7. The number of anilines is 1. The van der Waals surface area contributed by atoms with Gasteiger partial charge in [0.2, 0.25) is 0 Å². The summed E-state index contributed by atoms with van der Waals surface area (Å²) in [6.07, 6.45) is -4.77. The smallest absolute Gasteiger partial charge is 0.418 e. The Bertz CT molecular complexity index is 1010. The second-order valence-electron chi connectivity index (χ2n) is 6.99. The summed E-state index contributed by atoms with van der Waals surface area (Å²) in [4.78, 5) is 36.7. The average molecular weight is 475 g/mol. The molecule has 0 saturated heterocycles. The molecule has 0 fully saturated rings.